The number of piperidine rings is 1. The Hall–Kier alpha value is -0.850. The third kappa shape index (κ3) is 5.41. The Balaban J connectivity index is 1.82. The van der Waals surface area contributed by atoms with Crippen LogP contribution < -0.4 is 5.43 Å². The zero-order chi connectivity index (χ0) is 16.2. The van der Waals surface area contributed by atoms with Gasteiger partial charge in [-0.25, -0.2) is 9.80 Å². The molecular weight excluding hydrogens is 282 g/mol. The first-order valence-electron chi connectivity index (χ1n) is 8.42. The van der Waals surface area contributed by atoms with Crippen LogP contribution in [0.25, 0.3) is 0 Å². The van der Waals surface area contributed by atoms with E-state index in [-0.39, 0.29) is 6.09 Å². The van der Waals surface area contributed by atoms with Crippen LogP contribution in [0, 0.1) is 5.92 Å². The van der Waals surface area contributed by atoms with E-state index in [1.54, 1.807) is 0 Å². The standard InChI is InChI=1S/C16H31N3O3/c1-13(17-19-8-10-21-11-9-19)14-6-5-7-18(12-14)15(20)22-16(2,3)4/h13-14,17H,5-12H2,1-4H3. The molecule has 2 unspecified atom stereocenters. The molecule has 0 radical (unpaired) electrons. The SMILES string of the molecule is CC(NN1CCOCC1)C1CCCN(C(=O)OC(C)(C)C)C1. The van der Waals surface area contributed by atoms with Crippen LogP contribution >= 0.6 is 0 Å². The van der Waals surface area contributed by atoms with Gasteiger partial charge in [-0.2, -0.15) is 0 Å². The molecule has 0 aromatic rings. The second kappa shape index (κ2) is 7.62. The lowest BCUT2D eigenvalue weighted by Crippen LogP contribution is -2.54. The van der Waals surface area contributed by atoms with Crippen LogP contribution in [-0.2, 0) is 9.47 Å². The van der Waals surface area contributed by atoms with Crippen LogP contribution in [-0.4, -0.2) is 67.0 Å². The highest BCUT2D eigenvalue weighted by Gasteiger charge is 2.30. The summed E-state index contributed by atoms with van der Waals surface area (Å²) in [5.74, 6) is 0.462. The average molecular weight is 313 g/mol. The highest BCUT2D eigenvalue weighted by atomic mass is 16.6. The summed E-state index contributed by atoms with van der Waals surface area (Å²) in [6.07, 6.45) is 2.01. The first-order valence-corrected chi connectivity index (χ1v) is 8.42. The number of hydrogen-bond donors (Lipinski definition) is 1. The molecule has 2 rings (SSSR count). The van der Waals surface area contributed by atoms with Gasteiger partial charge in [0, 0.05) is 32.2 Å². The molecule has 0 aromatic heterocycles. The number of carbonyl (C=O) groups is 1. The number of nitrogens with one attached hydrogen (secondary N) is 1. The van der Waals surface area contributed by atoms with Crippen LogP contribution in [0.15, 0.2) is 0 Å². The summed E-state index contributed by atoms with van der Waals surface area (Å²) >= 11 is 0. The van der Waals surface area contributed by atoms with Gasteiger partial charge in [-0.1, -0.05) is 0 Å². The van der Waals surface area contributed by atoms with E-state index >= 15 is 0 Å². The van der Waals surface area contributed by atoms with Crippen LogP contribution in [0.5, 0.6) is 0 Å². The summed E-state index contributed by atoms with van der Waals surface area (Å²) < 4.78 is 10.9. The van der Waals surface area contributed by atoms with Crippen molar-refractivity contribution < 1.29 is 14.3 Å². The molecule has 1 amide bonds. The minimum atomic E-state index is -0.429. The number of likely N-dealkylation sites (tertiary alicyclic amines) is 1. The minimum absolute atomic E-state index is 0.184. The Bertz CT molecular complexity index is 364. The fourth-order valence-corrected chi connectivity index (χ4v) is 3.00. The van der Waals surface area contributed by atoms with Gasteiger partial charge in [0.15, 0.2) is 0 Å². The maximum Gasteiger partial charge on any atom is 0.410 e. The maximum absolute atomic E-state index is 12.2. The lowest BCUT2D eigenvalue weighted by molar-refractivity contribution is -0.00920. The van der Waals surface area contributed by atoms with Crippen molar-refractivity contribution >= 4 is 6.09 Å². The molecule has 2 fully saturated rings. The number of carbonyl (C=O) groups excluding carboxylic acids is 1. The highest BCUT2D eigenvalue weighted by molar-refractivity contribution is 5.68. The molecule has 2 saturated heterocycles. The predicted molar refractivity (Wildman–Crippen MR) is 85.5 cm³/mol. The summed E-state index contributed by atoms with van der Waals surface area (Å²) in [5, 5.41) is 2.24. The van der Waals surface area contributed by atoms with Gasteiger partial charge in [-0.3, -0.25) is 5.43 Å². The number of morpholine rings is 1. The number of nitrogens with zero attached hydrogens (tertiary/aromatic N) is 2. The van der Waals surface area contributed by atoms with Crippen molar-refractivity contribution in [2.75, 3.05) is 39.4 Å². The normalized spacial score (nSPS) is 25.8. The van der Waals surface area contributed by atoms with E-state index in [0.29, 0.717) is 12.0 Å². The van der Waals surface area contributed by atoms with Gasteiger partial charge < -0.3 is 14.4 Å². The molecule has 0 bridgehead atoms. The monoisotopic (exact) mass is 313 g/mol. The average Bonchev–Trinajstić information content (AvgIpc) is 2.46. The molecule has 0 saturated carbocycles. The van der Waals surface area contributed by atoms with Gasteiger partial charge in [0.05, 0.1) is 13.2 Å². The van der Waals surface area contributed by atoms with Crippen LogP contribution in [0.3, 0.4) is 0 Å². The summed E-state index contributed by atoms with van der Waals surface area (Å²) in [6.45, 7) is 12.9. The number of rotatable bonds is 3. The quantitative estimate of drug-likeness (QED) is 0.862. The van der Waals surface area contributed by atoms with Crippen molar-refractivity contribution in [3.05, 3.63) is 0 Å². The first-order chi connectivity index (χ1) is 10.3. The van der Waals surface area contributed by atoms with Gasteiger partial charge >= 0.3 is 6.09 Å². The molecule has 2 aliphatic rings. The molecule has 0 aromatic carbocycles. The molecule has 6 nitrogen and oxygen atoms in total. The van der Waals surface area contributed by atoms with E-state index in [1.165, 1.54) is 0 Å². The van der Waals surface area contributed by atoms with Crippen molar-refractivity contribution in [2.24, 2.45) is 5.92 Å². The van der Waals surface area contributed by atoms with Gasteiger partial charge in [0.2, 0.25) is 0 Å². The molecule has 128 valence electrons. The van der Waals surface area contributed by atoms with Crippen molar-refractivity contribution in [3.63, 3.8) is 0 Å². The molecule has 2 aliphatic heterocycles. The number of hydrazine groups is 1. The Morgan fingerprint density at radius 3 is 2.59 bits per heavy atom. The van der Waals surface area contributed by atoms with E-state index in [4.69, 9.17) is 9.47 Å². The lowest BCUT2D eigenvalue weighted by Gasteiger charge is -2.39. The fourth-order valence-electron chi connectivity index (χ4n) is 3.00. The molecular formula is C16H31N3O3. The molecule has 22 heavy (non-hydrogen) atoms. The lowest BCUT2D eigenvalue weighted by atomic mass is 9.92. The Labute approximate surface area is 134 Å². The van der Waals surface area contributed by atoms with E-state index in [1.807, 2.05) is 25.7 Å². The summed E-state index contributed by atoms with van der Waals surface area (Å²) in [5.41, 5.74) is 3.14. The number of ether oxygens (including phenoxy) is 2. The first kappa shape index (κ1) is 17.5. The smallest absolute Gasteiger partial charge is 0.410 e. The van der Waals surface area contributed by atoms with Gasteiger partial charge in [0.1, 0.15) is 5.60 Å². The van der Waals surface area contributed by atoms with Crippen molar-refractivity contribution in [1.29, 1.82) is 0 Å². The molecule has 1 N–H and O–H groups in total. The summed E-state index contributed by atoms with van der Waals surface area (Å²) in [4.78, 5) is 14.1. The Kier molecular flexibility index (Phi) is 6.06. The van der Waals surface area contributed by atoms with E-state index < -0.39 is 5.60 Å². The van der Waals surface area contributed by atoms with Crippen molar-refractivity contribution in [2.45, 2.75) is 52.2 Å². The van der Waals surface area contributed by atoms with E-state index in [9.17, 15) is 4.79 Å². The number of hydrogen-bond acceptors (Lipinski definition) is 5. The highest BCUT2D eigenvalue weighted by Crippen LogP contribution is 2.22. The largest absolute Gasteiger partial charge is 0.444 e. The molecule has 6 heteroatoms. The third-order valence-electron chi connectivity index (χ3n) is 4.21. The second-order valence-electron chi connectivity index (χ2n) is 7.35. The second-order valence-corrected chi connectivity index (χ2v) is 7.35. The van der Waals surface area contributed by atoms with Crippen molar-refractivity contribution in [1.82, 2.24) is 15.3 Å². The third-order valence-corrected chi connectivity index (χ3v) is 4.21. The minimum Gasteiger partial charge on any atom is -0.444 e. The summed E-state index contributed by atoms with van der Waals surface area (Å²) in [7, 11) is 0. The topological polar surface area (TPSA) is 54.0 Å². The van der Waals surface area contributed by atoms with Gasteiger partial charge in [-0.05, 0) is 46.5 Å². The Morgan fingerprint density at radius 1 is 1.27 bits per heavy atom. The van der Waals surface area contributed by atoms with Crippen LogP contribution in [0.1, 0.15) is 40.5 Å². The maximum atomic E-state index is 12.2. The molecule has 0 spiro atoms. The predicted octanol–water partition coefficient (Wildman–Crippen LogP) is 1.86. The van der Waals surface area contributed by atoms with Crippen LogP contribution in [0.4, 0.5) is 4.79 Å². The fraction of sp³-hybridized carbons (Fsp3) is 0.938. The Morgan fingerprint density at radius 2 is 1.95 bits per heavy atom. The number of amides is 1. The van der Waals surface area contributed by atoms with Crippen LogP contribution in [0.2, 0.25) is 0 Å². The van der Waals surface area contributed by atoms with Gasteiger partial charge in [-0.15, -0.1) is 0 Å². The van der Waals surface area contributed by atoms with E-state index in [2.05, 4.69) is 17.4 Å². The zero-order valence-electron chi connectivity index (χ0n) is 14.4. The summed E-state index contributed by atoms with van der Waals surface area (Å²) in [6, 6.07) is 0.350. The molecule has 2 atom stereocenters. The molecule has 0 aliphatic carbocycles. The molecule has 2 heterocycles. The van der Waals surface area contributed by atoms with Crippen molar-refractivity contribution in [3.8, 4) is 0 Å². The zero-order valence-corrected chi connectivity index (χ0v) is 14.4. The van der Waals surface area contributed by atoms with Gasteiger partial charge in [0.25, 0.3) is 0 Å². The van der Waals surface area contributed by atoms with E-state index in [0.717, 1.165) is 52.2 Å².